The summed E-state index contributed by atoms with van der Waals surface area (Å²) >= 11 is 0. The normalized spacial score (nSPS) is 42.5. The Morgan fingerprint density at radius 1 is 1.45 bits per heavy atom. The molecule has 1 heterocycles. The zero-order chi connectivity index (χ0) is 8.01. The van der Waals surface area contributed by atoms with Gasteiger partial charge in [0.2, 0.25) is 0 Å². The highest BCUT2D eigenvalue weighted by atomic mass is 16.6. The number of ether oxygens (including phenoxy) is 1. The van der Waals surface area contributed by atoms with Crippen molar-refractivity contribution in [3.8, 4) is 0 Å². The molecule has 2 fully saturated rings. The molecule has 0 N–H and O–H groups in total. The van der Waals surface area contributed by atoms with Crippen LogP contribution in [0, 0.1) is 17.8 Å². The minimum absolute atomic E-state index is 0.0210. The van der Waals surface area contributed by atoms with Crippen LogP contribution >= 0.6 is 0 Å². The Labute approximate surface area is 64.7 Å². The Kier molecular flexibility index (Phi) is 1.28. The van der Waals surface area contributed by atoms with Crippen molar-refractivity contribution in [3.63, 3.8) is 0 Å². The van der Waals surface area contributed by atoms with Crippen molar-refractivity contribution in [1.82, 2.24) is 0 Å². The van der Waals surface area contributed by atoms with Crippen LogP contribution < -0.4 is 0 Å². The molecule has 1 saturated heterocycles. The average Bonchev–Trinajstić information content (AvgIpc) is 1.83. The first-order chi connectivity index (χ1) is 5.18. The van der Waals surface area contributed by atoms with E-state index in [4.69, 9.17) is 0 Å². The van der Waals surface area contributed by atoms with E-state index < -0.39 is 0 Å². The molecule has 0 spiro atoms. The van der Waals surface area contributed by atoms with Gasteiger partial charge in [0, 0.05) is 6.42 Å². The molecule has 0 aromatic rings. The van der Waals surface area contributed by atoms with E-state index in [9.17, 15) is 9.59 Å². The van der Waals surface area contributed by atoms with Crippen molar-refractivity contribution in [2.75, 3.05) is 0 Å². The first kappa shape index (κ1) is 6.83. The summed E-state index contributed by atoms with van der Waals surface area (Å²) in [5.74, 6) is 0.0835. The van der Waals surface area contributed by atoms with Gasteiger partial charge < -0.3 is 4.74 Å². The molecule has 3 heteroatoms. The quantitative estimate of drug-likeness (QED) is 0.381. The smallest absolute Gasteiger partial charge is 0.317 e. The zero-order valence-corrected chi connectivity index (χ0v) is 6.37. The van der Waals surface area contributed by atoms with Gasteiger partial charge in [0.25, 0.3) is 0 Å². The molecule has 0 aromatic carbocycles. The molecule has 1 unspecified atom stereocenters. The maximum atomic E-state index is 11.0. The maximum Gasteiger partial charge on any atom is 0.317 e. The third-order valence-corrected chi connectivity index (χ3v) is 2.71. The molecule has 1 saturated carbocycles. The van der Waals surface area contributed by atoms with Crippen LogP contribution in [0.25, 0.3) is 0 Å². The molecule has 11 heavy (non-hydrogen) atoms. The lowest BCUT2D eigenvalue weighted by atomic mass is 9.63. The van der Waals surface area contributed by atoms with Gasteiger partial charge in [-0.05, 0) is 18.3 Å². The van der Waals surface area contributed by atoms with Gasteiger partial charge in [-0.3, -0.25) is 9.59 Å². The fourth-order valence-corrected chi connectivity index (χ4v) is 2.11. The number of fused-ring (bicyclic) bond motifs is 1. The van der Waals surface area contributed by atoms with Crippen molar-refractivity contribution in [3.05, 3.63) is 0 Å². The number of carbonyl (C=O) groups excluding carboxylic acids is 2. The summed E-state index contributed by atoms with van der Waals surface area (Å²) in [5, 5.41) is 0. The van der Waals surface area contributed by atoms with Crippen LogP contribution in [0.2, 0.25) is 0 Å². The predicted molar refractivity (Wildman–Crippen MR) is 36.5 cm³/mol. The van der Waals surface area contributed by atoms with E-state index in [1.54, 1.807) is 0 Å². The van der Waals surface area contributed by atoms with Crippen LogP contribution in [-0.2, 0) is 14.3 Å². The SMILES string of the molecule is CC1C[C@H]2CC(=O)OC(=O)[C@@H]12. The van der Waals surface area contributed by atoms with E-state index in [1.165, 1.54) is 0 Å². The van der Waals surface area contributed by atoms with Crippen molar-refractivity contribution < 1.29 is 14.3 Å². The minimum Gasteiger partial charge on any atom is -0.393 e. The third-order valence-electron chi connectivity index (χ3n) is 2.71. The Balaban J connectivity index is 2.13. The summed E-state index contributed by atoms with van der Waals surface area (Å²) in [5.41, 5.74) is 0. The summed E-state index contributed by atoms with van der Waals surface area (Å²) in [4.78, 5) is 21.8. The topological polar surface area (TPSA) is 43.4 Å². The van der Waals surface area contributed by atoms with Crippen molar-refractivity contribution >= 4 is 11.9 Å². The van der Waals surface area contributed by atoms with Crippen LogP contribution in [0.4, 0.5) is 0 Å². The Hall–Kier alpha value is -0.860. The largest absolute Gasteiger partial charge is 0.393 e. The lowest BCUT2D eigenvalue weighted by Crippen LogP contribution is -2.47. The summed E-state index contributed by atoms with van der Waals surface area (Å²) < 4.78 is 4.51. The first-order valence-electron chi connectivity index (χ1n) is 3.93. The molecular formula is C8H10O3. The van der Waals surface area contributed by atoms with Gasteiger partial charge in [0.05, 0.1) is 5.92 Å². The zero-order valence-electron chi connectivity index (χ0n) is 6.37. The highest BCUT2D eigenvalue weighted by molar-refractivity contribution is 5.90. The third kappa shape index (κ3) is 0.870. The van der Waals surface area contributed by atoms with Gasteiger partial charge in [-0.25, -0.2) is 0 Å². The second-order valence-corrected chi connectivity index (χ2v) is 3.50. The molecular weight excluding hydrogens is 144 g/mol. The molecule has 2 aliphatic rings. The van der Waals surface area contributed by atoms with E-state index in [-0.39, 0.29) is 17.9 Å². The summed E-state index contributed by atoms with van der Waals surface area (Å²) in [7, 11) is 0. The van der Waals surface area contributed by atoms with Crippen LogP contribution in [-0.4, -0.2) is 11.9 Å². The fourth-order valence-electron chi connectivity index (χ4n) is 2.11. The van der Waals surface area contributed by atoms with E-state index in [1.807, 2.05) is 6.92 Å². The van der Waals surface area contributed by atoms with E-state index in [0.29, 0.717) is 18.3 Å². The van der Waals surface area contributed by atoms with Gasteiger partial charge in [-0.2, -0.15) is 0 Å². The van der Waals surface area contributed by atoms with Gasteiger partial charge in [-0.15, -0.1) is 0 Å². The van der Waals surface area contributed by atoms with Crippen LogP contribution in [0.3, 0.4) is 0 Å². The maximum absolute atomic E-state index is 11.0. The number of hydrogen-bond donors (Lipinski definition) is 0. The summed E-state index contributed by atoms with van der Waals surface area (Å²) in [6.07, 6.45) is 1.45. The highest BCUT2D eigenvalue weighted by Crippen LogP contribution is 2.45. The Bertz CT molecular complexity index is 221. The van der Waals surface area contributed by atoms with Crippen molar-refractivity contribution in [2.24, 2.45) is 17.8 Å². The molecule has 0 aromatic heterocycles. The van der Waals surface area contributed by atoms with E-state index in [0.717, 1.165) is 6.42 Å². The number of carbonyl (C=O) groups is 2. The average molecular weight is 154 g/mol. The Morgan fingerprint density at radius 2 is 2.18 bits per heavy atom. The first-order valence-corrected chi connectivity index (χ1v) is 3.93. The second kappa shape index (κ2) is 2.06. The van der Waals surface area contributed by atoms with Crippen molar-refractivity contribution in [2.45, 2.75) is 19.8 Å². The molecule has 0 amide bonds. The molecule has 0 radical (unpaired) electrons. The molecule has 1 aliphatic heterocycles. The monoisotopic (exact) mass is 154 g/mol. The molecule has 2 rings (SSSR count). The molecule has 3 atom stereocenters. The van der Waals surface area contributed by atoms with Crippen LogP contribution in [0.15, 0.2) is 0 Å². The lowest BCUT2D eigenvalue weighted by molar-refractivity contribution is -0.179. The van der Waals surface area contributed by atoms with Crippen molar-refractivity contribution in [1.29, 1.82) is 0 Å². The minimum atomic E-state index is -0.344. The number of hydrogen-bond acceptors (Lipinski definition) is 3. The van der Waals surface area contributed by atoms with E-state index >= 15 is 0 Å². The standard InChI is InChI=1S/C8H10O3/c1-4-2-5-3-6(9)11-8(10)7(4)5/h4-5,7H,2-3H2,1H3/t4?,5-,7-/m0/s1. The predicted octanol–water partition coefficient (Wildman–Crippen LogP) is 0.732. The number of esters is 2. The molecule has 0 bridgehead atoms. The van der Waals surface area contributed by atoms with Gasteiger partial charge in [0.1, 0.15) is 0 Å². The summed E-state index contributed by atoms with van der Waals surface area (Å²) in [6, 6.07) is 0. The fraction of sp³-hybridized carbons (Fsp3) is 0.750. The van der Waals surface area contributed by atoms with E-state index in [2.05, 4.69) is 4.74 Å². The van der Waals surface area contributed by atoms with Gasteiger partial charge in [0.15, 0.2) is 0 Å². The number of cyclic esters (lactones) is 2. The summed E-state index contributed by atoms with van der Waals surface area (Å²) in [6.45, 7) is 2.03. The van der Waals surface area contributed by atoms with Crippen LogP contribution in [0.5, 0.6) is 0 Å². The molecule has 60 valence electrons. The molecule has 1 aliphatic carbocycles. The van der Waals surface area contributed by atoms with Crippen LogP contribution in [0.1, 0.15) is 19.8 Å². The highest BCUT2D eigenvalue weighted by Gasteiger charge is 2.48. The second-order valence-electron chi connectivity index (χ2n) is 3.50. The lowest BCUT2D eigenvalue weighted by Gasteiger charge is -2.42. The van der Waals surface area contributed by atoms with Gasteiger partial charge in [-0.1, -0.05) is 6.92 Å². The number of rotatable bonds is 0. The van der Waals surface area contributed by atoms with Gasteiger partial charge >= 0.3 is 11.9 Å². The molecule has 3 nitrogen and oxygen atoms in total. The Morgan fingerprint density at radius 3 is 2.73 bits per heavy atom.